The molecular formula is C18H24N2O3S. The molecule has 0 saturated carbocycles. The number of methoxy groups -OCH3 is 1. The van der Waals surface area contributed by atoms with Gasteiger partial charge in [-0.05, 0) is 43.3 Å². The first-order valence-electron chi connectivity index (χ1n) is 8.17. The lowest BCUT2D eigenvalue weighted by Crippen LogP contribution is -2.16. The molecule has 1 aromatic carbocycles. The maximum atomic E-state index is 12.1. The Hall–Kier alpha value is -2.08. The summed E-state index contributed by atoms with van der Waals surface area (Å²) in [6.07, 6.45) is 3.84. The molecular weight excluding hydrogens is 324 g/mol. The second-order valence-corrected chi connectivity index (χ2v) is 6.14. The Morgan fingerprint density at radius 2 is 1.96 bits per heavy atom. The molecule has 0 unspecified atom stereocenters. The average molecular weight is 348 g/mol. The molecule has 0 fully saturated rings. The van der Waals surface area contributed by atoms with Crippen LogP contribution in [0.5, 0.6) is 11.5 Å². The van der Waals surface area contributed by atoms with Gasteiger partial charge in [0.2, 0.25) is 0 Å². The van der Waals surface area contributed by atoms with Crippen molar-refractivity contribution >= 4 is 12.2 Å². The normalized spacial score (nSPS) is 10.6. The molecule has 1 aromatic heterocycles. The third-order valence-corrected chi connectivity index (χ3v) is 4.07. The van der Waals surface area contributed by atoms with Gasteiger partial charge in [-0.3, -0.25) is 9.78 Å². The molecule has 0 atom stereocenters. The number of H-pyrrole nitrogens is 2. The summed E-state index contributed by atoms with van der Waals surface area (Å²) in [7, 11) is 1.62. The fraction of sp³-hybridized carbons (Fsp3) is 0.444. The SMILES string of the molecule is CCCCCOc1ccc(Cc2c(C)[nH]c(=S)[nH]c2=O)cc1OC. The van der Waals surface area contributed by atoms with Gasteiger partial charge in [0.1, 0.15) is 0 Å². The van der Waals surface area contributed by atoms with Gasteiger partial charge in [0, 0.05) is 17.7 Å². The van der Waals surface area contributed by atoms with Crippen molar-refractivity contribution in [2.24, 2.45) is 0 Å². The zero-order valence-electron chi connectivity index (χ0n) is 14.4. The molecule has 130 valence electrons. The van der Waals surface area contributed by atoms with E-state index in [0.717, 1.165) is 36.3 Å². The molecule has 0 aliphatic heterocycles. The number of nitrogens with one attached hydrogen (secondary N) is 2. The largest absolute Gasteiger partial charge is 0.493 e. The van der Waals surface area contributed by atoms with Crippen LogP contribution in [0.2, 0.25) is 0 Å². The lowest BCUT2D eigenvalue weighted by Gasteiger charge is -2.12. The van der Waals surface area contributed by atoms with E-state index in [4.69, 9.17) is 21.7 Å². The zero-order valence-corrected chi connectivity index (χ0v) is 15.2. The predicted octanol–water partition coefficient (Wildman–Crippen LogP) is 3.91. The molecule has 0 amide bonds. The van der Waals surface area contributed by atoms with E-state index in [-0.39, 0.29) is 5.56 Å². The molecule has 1 heterocycles. The van der Waals surface area contributed by atoms with Gasteiger partial charge in [-0.2, -0.15) is 0 Å². The lowest BCUT2D eigenvalue weighted by atomic mass is 10.0. The van der Waals surface area contributed by atoms with E-state index in [9.17, 15) is 4.79 Å². The van der Waals surface area contributed by atoms with Crippen molar-refractivity contribution in [2.45, 2.75) is 39.5 Å². The highest BCUT2D eigenvalue weighted by Gasteiger charge is 2.10. The second kappa shape index (κ2) is 8.68. The molecule has 2 rings (SSSR count). The van der Waals surface area contributed by atoms with Gasteiger partial charge < -0.3 is 14.5 Å². The standard InChI is InChI=1S/C18H24N2O3S/c1-4-5-6-9-23-15-8-7-13(11-16(15)22-3)10-14-12(2)19-18(24)20-17(14)21/h7-8,11H,4-6,9-10H2,1-3H3,(H2,19,20,21,24). The van der Waals surface area contributed by atoms with Crippen LogP contribution in [-0.2, 0) is 6.42 Å². The van der Waals surface area contributed by atoms with E-state index in [0.29, 0.717) is 29.1 Å². The molecule has 0 radical (unpaired) electrons. The number of hydrogen-bond donors (Lipinski definition) is 2. The number of unbranched alkanes of at least 4 members (excludes halogenated alkanes) is 2. The van der Waals surface area contributed by atoms with Crippen molar-refractivity contribution < 1.29 is 9.47 Å². The first-order valence-corrected chi connectivity index (χ1v) is 8.57. The highest BCUT2D eigenvalue weighted by molar-refractivity contribution is 7.71. The minimum absolute atomic E-state index is 0.157. The Morgan fingerprint density at radius 3 is 2.62 bits per heavy atom. The van der Waals surface area contributed by atoms with E-state index in [2.05, 4.69) is 16.9 Å². The molecule has 24 heavy (non-hydrogen) atoms. The summed E-state index contributed by atoms with van der Waals surface area (Å²) >= 11 is 4.98. The highest BCUT2D eigenvalue weighted by atomic mass is 32.1. The molecule has 0 aliphatic rings. The number of aromatic amines is 2. The predicted molar refractivity (Wildman–Crippen MR) is 97.8 cm³/mol. The van der Waals surface area contributed by atoms with Gasteiger partial charge in [0.05, 0.1) is 13.7 Å². The summed E-state index contributed by atoms with van der Waals surface area (Å²) in [5.41, 5.74) is 2.27. The monoisotopic (exact) mass is 348 g/mol. The van der Waals surface area contributed by atoms with Gasteiger partial charge in [-0.1, -0.05) is 25.8 Å². The highest BCUT2D eigenvalue weighted by Crippen LogP contribution is 2.29. The van der Waals surface area contributed by atoms with Gasteiger partial charge in [0.15, 0.2) is 16.3 Å². The van der Waals surface area contributed by atoms with Crippen LogP contribution in [0.15, 0.2) is 23.0 Å². The Bertz CT molecular complexity index is 796. The smallest absolute Gasteiger partial charge is 0.255 e. The molecule has 0 spiro atoms. The first-order chi connectivity index (χ1) is 11.5. The Morgan fingerprint density at radius 1 is 1.17 bits per heavy atom. The van der Waals surface area contributed by atoms with Crippen molar-refractivity contribution in [3.63, 3.8) is 0 Å². The van der Waals surface area contributed by atoms with Crippen molar-refractivity contribution in [1.82, 2.24) is 9.97 Å². The number of rotatable bonds is 8. The molecule has 2 N–H and O–H groups in total. The Balaban J connectivity index is 2.18. The number of ether oxygens (including phenoxy) is 2. The maximum absolute atomic E-state index is 12.1. The number of aryl methyl sites for hydroxylation is 1. The summed E-state index contributed by atoms with van der Waals surface area (Å²) in [6.45, 7) is 4.69. The average Bonchev–Trinajstić information content (AvgIpc) is 2.55. The maximum Gasteiger partial charge on any atom is 0.255 e. The van der Waals surface area contributed by atoms with Gasteiger partial charge in [-0.15, -0.1) is 0 Å². The van der Waals surface area contributed by atoms with Crippen molar-refractivity contribution in [3.8, 4) is 11.5 Å². The van der Waals surface area contributed by atoms with E-state index >= 15 is 0 Å². The first kappa shape index (κ1) is 18.3. The van der Waals surface area contributed by atoms with Crippen LogP contribution >= 0.6 is 12.2 Å². The van der Waals surface area contributed by atoms with Crippen LogP contribution < -0.4 is 15.0 Å². The molecule has 6 heteroatoms. The number of hydrogen-bond acceptors (Lipinski definition) is 4. The topological polar surface area (TPSA) is 67.1 Å². The van der Waals surface area contributed by atoms with E-state index in [1.54, 1.807) is 7.11 Å². The van der Waals surface area contributed by atoms with Crippen LogP contribution in [0, 0.1) is 11.7 Å². The fourth-order valence-corrected chi connectivity index (χ4v) is 2.76. The summed E-state index contributed by atoms with van der Waals surface area (Å²) in [5, 5.41) is 0. The van der Waals surface area contributed by atoms with Crippen molar-refractivity contribution in [2.75, 3.05) is 13.7 Å². The lowest BCUT2D eigenvalue weighted by molar-refractivity contribution is 0.286. The van der Waals surface area contributed by atoms with Crippen molar-refractivity contribution in [1.29, 1.82) is 0 Å². The summed E-state index contributed by atoms with van der Waals surface area (Å²) < 4.78 is 11.6. The Labute approximate surface area is 147 Å². The Kier molecular flexibility index (Phi) is 6.61. The van der Waals surface area contributed by atoms with Crippen LogP contribution in [0.1, 0.15) is 43.0 Å². The quantitative estimate of drug-likeness (QED) is 0.561. The third kappa shape index (κ3) is 4.71. The minimum atomic E-state index is -0.157. The van der Waals surface area contributed by atoms with E-state index < -0.39 is 0 Å². The van der Waals surface area contributed by atoms with Gasteiger partial charge in [-0.25, -0.2) is 0 Å². The molecule has 0 aliphatic carbocycles. The number of aromatic nitrogens is 2. The molecule has 0 saturated heterocycles. The summed E-state index contributed by atoms with van der Waals surface area (Å²) in [6, 6.07) is 5.77. The molecule has 5 nitrogen and oxygen atoms in total. The third-order valence-electron chi connectivity index (χ3n) is 3.87. The molecule has 0 bridgehead atoms. The van der Waals surface area contributed by atoms with Crippen LogP contribution in [-0.4, -0.2) is 23.7 Å². The van der Waals surface area contributed by atoms with Gasteiger partial charge in [0.25, 0.3) is 5.56 Å². The minimum Gasteiger partial charge on any atom is -0.493 e. The summed E-state index contributed by atoms with van der Waals surface area (Å²) in [5.74, 6) is 1.41. The second-order valence-electron chi connectivity index (χ2n) is 5.73. The zero-order chi connectivity index (χ0) is 17.5. The van der Waals surface area contributed by atoms with E-state index in [1.165, 1.54) is 0 Å². The van der Waals surface area contributed by atoms with Crippen molar-refractivity contribution in [3.05, 3.63) is 50.1 Å². The van der Waals surface area contributed by atoms with Crippen LogP contribution in [0.25, 0.3) is 0 Å². The molecule has 2 aromatic rings. The van der Waals surface area contributed by atoms with Gasteiger partial charge >= 0.3 is 0 Å². The number of benzene rings is 1. The van der Waals surface area contributed by atoms with Crippen LogP contribution in [0.4, 0.5) is 0 Å². The summed E-state index contributed by atoms with van der Waals surface area (Å²) in [4.78, 5) is 17.7. The fourth-order valence-electron chi connectivity index (χ4n) is 2.52. The van der Waals surface area contributed by atoms with E-state index in [1.807, 2.05) is 25.1 Å². The van der Waals surface area contributed by atoms with Crippen LogP contribution in [0.3, 0.4) is 0 Å².